The molecule has 0 aliphatic carbocycles. The summed E-state index contributed by atoms with van der Waals surface area (Å²) < 4.78 is 1.43. The Morgan fingerprint density at radius 2 is 2.21 bits per heavy atom. The maximum atomic E-state index is 10.7. The minimum atomic E-state index is -1.08. The highest BCUT2D eigenvalue weighted by Crippen LogP contribution is 2.14. The third-order valence-electron chi connectivity index (χ3n) is 2.03. The van der Waals surface area contributed by atoms with E-state index in [2.05, 4.69) is 4.98 Å². The number of aliphatic carboxylic acids is 1. The lowest BCUT2D eigenvalue weighted by Gasteiger charge is -2.08. The standard InChI is InChI=1S/C9H9N3O2/c10-8(9(13)14)12-5-11-6-3-1-2-4-7(6)12/h1-5,8H,10H2,(H,13,14). The van der Waals surface area contributed by atoms with Crippen molar-refractivity contribution in [2.45, 2.75) is 6.17 Å². The fraction of sp³-hybridized carbons (Fsp3) is 0.111. The van der Waals surface area contributed by atoms with E-state index < -0.39 is 12.1 Å². The van der Waals surface area contributed by atoms with Crippen LogP contribution in [0.5, 0.6) is 0 Å². The number of nitrogens with zero attached hydrogens (tertiary/aromatic N) is 2. The Bertz CT molecular complexity index is 478. The quantitative estimate of drug-likeness (QED) is 0.727. The number of carboxylic acids is 1. The van der Waals surface area contributed by atoms with Gasteiger partial charge in [0.15, 0.2) is 6.17 Å². The van der Waals surface area contributed by atoms with Crippen molar-refractivity contribution >= 4 is 17.0 Å². The second kappa shape index (κ2) is 3.12. The van der Waals surface area contributed by atoms with Crippen molar-refractivity contribution in [1.29, 1.82) is 0 Å². The van der Waals surface area contributed by atoms with Crippen LogP contribution >= 0.6 is 0 Å². The molecule has 3 N–H and O–H groups in total. The zero-order chi connectivity index (χ0) is 10.1. The van der Waals surface area contributed by atoms with Crippen LogP contribution < -0.4 is 5.73 Å². The van der Waals surface area contributed by atoms with E-state index in [9.17, 15) is 4.79 Å². The molecule has 1 atom stereocenters. The maximum absolute atomic E-state index is 10.7. The van der Waals surface area contributed by atoms with Crippen LogP contribution in [0.25, 0.3) is 11.0 Å². The Kier molecular flexibility index (Phi) is 1.94. The zero-order valence-corrected chi connectivity index (χ0v) is 7.29. The van der Waals surface area contributed by atoms with Crippen molar-refractivity contribution in [2.24, 2.45) is 5.73 Å². The van der Waals surface area contributed by atoms with E-state index in [4.69, 9.17) is 10.8 Å². The first-order chi connectivity index (χ1) is 6.70. The second-order valence-corrected chi connectivity index (χ2v) is 2.92. The molecule has 2 rings (SSSR count). The third kappa shape index (κ3) is 1.23. The molecular formula is C9H9N3O2. The number of para-hydroxylation sites is 2. The molecule has 1 aromatic heterocycles. The van der Waals surface area contributed by atoms with Gasteiger partial charge in [0.1, 0.15) is 0 Å². The van der Waals surface area contributed by atoms with Gasteiger partial charge in [-0.1, -0.05) is 12.1 Å². The molecule has 1 unspecified atom stereocenters. The van der Waals surface area contributed by atoms with Crippen molar-refractivity contribution in [2.75, 3.05) is 0 Å². The third-order valence-corrected chi connectivity index (χ3v) is 2.03. The number of hydrogen-bond acceptors (Lipinski definition) is 3. The molecule has 0 radical (unpaired) electrons. The van der Waals surface area contributed by atoms with Gasteiger partial charge in [0, 0.05) is 0 Å². The SMILES string of the molecule is NC(C(=O)O)n1cnc2ccccc21. The first-order valence-corrected chi connectivity index (χ1v) is 4.10. The summed E-state index contributed by atoms with van der Waals surface area (Å²) in [4.78, 5) is 14.7. The molecule has 0 fully saturated rings. The van der Waals surface area contributed by atoms with Crippen molar-refractivity contribution in [3.8, 4) is 0 Å². The van der Waals surface area contributed by atoms with Crippen LogP contribution in [0.1, 0.15) is 6.17 Å². The van der Waals surface area contributed by atoms with Crippen LogP contribution in [0.15, 0.2) is 30.6 Å². The van der Waals surface area contributed by atoms with Crippen molar-refractivity contribution < 1.29 is 9.90 Å². The van der Waals surface area contributed by atoms with E-state index in [1.165, 1.54) is 10.9 Å². The van der Waals surface area contributed by atoms with Crippen LogP contribution in [0.2, 0.25) is 0 Å². The fourth-order valence-corrected chi connectivity index (χ4v) is 1.32. The van der Waals surface area contributed by atoms with Gasteiger partial charge in [-0.05, 0) is 12.1 Å². The average molecular weight is 191 g/mol. The summed E-state index contributed by atoms with van der Waals surface area (Å²) in [7, 11) is 0. The highest BCUT2D eigenvalue weighted by molar-refractivity contribution is 5.79. The largest absolute Gasteiger partial charge is 0.479 e. The van der Waals surface area contributed by atoms with Crippen LogP contribution in [0.3, 0.4) is 0 Å². The van der Waals surface area contributed by atoms with Gasteiger partial charge in [0.25, 0.3) is 0 Å². The summed E-state index contributed by atoms with van der Waals surface area (Å²) in [6.45, 7) is 0. The second-order valence-electron chi connectivity index (χ2n) is 2.92. The van der Waals surface area contributed by atoms with Gasteiger partial charge in [-0.25, -0.2) is 9.78 Å². The minimum Gasteiger partial charge on any atom is -0.479 e. The van der Waals surface area contributed by atoms with E-state index in [1.54, 1.807) is 12.1 Å². The number of benzene rings is 1. The molecule has 5 heteroatoms. The summed E-state index contributed by atoms with van der Waals surface area (Å²) in [5.41, 5.74) is 6.94. The zero-order valence-electron chi connectivity index (χ0n) is 7.29. The van der Waals surface area contributed by atoms with E-state index in [1.807, 2.05) is 12.1 Å². The lowest BCUT2D eigenvalue weighted by atomic mass is 10.3. The van der Waals surface area contributed by atoms with Gasteiger partial charge >= 0.3 is 5.97 Å². The number of carbonyl (C=O) groups is 1. The molecule has 5 nitrogen and oxygen atoms in total. The monoisotopic (exact) mass is 191 g/mol. The molecule has 0 saturated carbocycles. The van der Waals surface area contributed by atoms with Crippen LogP contribution in [-0.4, -0.2) is 20.6 Å². The predicted molar refractivity (Wildman–Crippen MR) is 50.6 cm³/mol. The first kappa shape index (κ1) is 8.71. The Morgan fingerprint density at radius 3 is 2.93 bits per heavy atom. The molecule has 0 spiro atoms. The molecule has 0 bridgehead atoms. The van der Waals surface area contributed by atoms with Gasteiger partial charge in [0.05, 0.1) is 17.4 Å². The molecule has 0 amide bonds. The number of fused-ring (bicyclic) bond motifs is 1. The Hall–Kier alpha value is -1.88. The summed E-state index contributed by atoms with van der Waals surface area (Å²) in [6, 6.07) is 7.24. The van der Waals surface area contributed by atoms with E-state index >= 15 is 0 Å². The van der Waals surface area contributed by atoms with E-state index in [0.717, 1.165) is 11.0 Å². The Morgan fingerprint density at radius 1 is 1.50 bits per heavy atom. The summed E-state index contributed by atoms with van der Waals surface area (Å²) in [6.07, 6.45) is 0.353. The fourth-order valence-electron chi connectivity index (χ4n) is 1.32. The molecular weight excluding hydrogens is 182 g/mol. The first-order valence-electron chi connectivity index (χ1n) is 4.10. The molecule has 0 aliphatic rings. The number of imidazole rings is 1. The predicted octanol–water partition coefficient (Wildman–Crippen LogP) is 0.578. The number of aromatic nitrogens is 2. The lowest BCUT2D eigenvalue weighted by molar-refractivity contribution is -0.140. The van der Waals surface area contributed by atoms with Crippen molar-refractivity contribution in [1.82, 2.24) is 9.55 Å². The summed E-state index contributed by atoms with van der Waals surface area (Å²) in [5, 5.41) is 8.74. The van der Waals surface area contributed by atoms with Gasteiger partial charge in [0.2, 0.25) is 0 Å². The number of rotatable bonds is 2. The number of carboxylic acid groups (broad SMARTS) is 1. The van der Waals surface area contributed by atoms with Gasteiger partial charge in [-0.15, -0.1) is 0 Å². The molecule has 1 aromatic carbocycles. The van der Waals surface area contributed by atoms with Crippen LogP contribution in [-0.2, 0) is 4.79 Å². The minimum absolute atomic E-state index is 0.724. The van der Waals surface area contributed by atoms with Crippen LogP contribution in [0.4, 0.5) is 0 Å². The van der Waals surface area contributed by atoms with Crippen molar-refractivity contribution in [3.05, 3.63) is 30.6 Å². The van der Waals surface area contributed by atoms with Crippen molar-refractivity contribution in [3.63, 3.8) is 0 Å². The summed E-state index contributed by atoms with van der Waals surface area (Å²) >= 11 is 0. The van der Waals surface area contributed by atoms with Gasteiger partial charge in [-0.3, -0.25) is 0 Å². The Balaban J connectivity index is 2.58. The van der Waals surface area contributed by atoms with Gasteiger partial charge < -0.3 is 15.4 Å². The average Bonchev–Trinajstić information content (AvgIpc) is 2.60. The summed E-state index contributed by atoms with van der Waals surface area (Å²) in [5.74, 6) is -1.08. The molecule has 2 aromatic rings. The Labute approximate surface area is 79.8 Å². The normalized spacial score (nSPS) is 12.9. The highest BCUT2D eigenvalue weighted by atomic mass is 16.4. The topological polar surface area (TPSA) is 81.1 Å². The molecule has 1 heterocycles. The number of hydrogen-bond donors (Lipinski definition) is 2. The van der Waals surface area contributed by atoms with E-state index in [-0.39, 0.29) is 0 Å². The van der Waals surface area contributed by atoms with Gasteiger partial charge in [-0.2, -0.15) is 0 Å². The molecule has 0 aliphatic heterocycles. The number of nitrogens with two attached hydrogens (primary N) is 1. The maximum Gasteiger partial charge on any atom is 0.341 e. The highest BCUT2D eigenvalue weighted by Gasteiger charge is 2.15. The smallest absolute Gasteiger partial charge is 0.341 e. The van der Waals surface area contributed by atoms with E-state index in [0.29, 0.717) is 0 Å². The lowest BCUT2D eigenvalue weighted by Crippen LogP contribution is -2.26. The molecule has 72 valence electrons. The van der Waals surface area contributed by atoms with Crippen LogP contribution in [0, 0.1) is 0 Å². The molecule has 14 heavy (non-hydrogen) atoms. The molecule has 0 saturated heterocycles.